The molecule has 2 aromatic rings. The third kappa shape index (κ3) is 2.98. The van der Waals surface area contributed by atoms with E-state index in [1.807, 2.05) is 35.9 Å². The smallest absolute Gasteiger partial charge is 0.369 e. The summed E-state index contributed by atoms with van der Waals surface area (Å²) in [4.78, 5) is 13.0. The molecule has 0 radical (unpaired) electrons. The molecule has 1 fully saturated rings. The number of benzene rings is 1. The number of likely N-dealkylation sites (tertiary alicyclic amines) is 1. The first-order chi connectivity index (χ1) is 11.3. The maximum Gasteiger partial charge on any atom is 0.393 e. The van der Waals surface area contributed by atoms with Gasteiger partial charge in [0.25, 0.3) is 0 Å². The highest BCUT2D eigenvalue weighted by atomic mass is 19.4. The molecule has 2 N–H and O–H groups in total. The van der Waals surface area contributed by atoms with Crippen LogP contribution in [0, 0.1) is 11.8 Å². The first-order valence-corrected chi connectivity index (χ1v) is 7.84. The lowest BCUT2D eigenvalue weighted by Crippen LogP contribution is -2.37. The number of fused-ring (bicyclic) bond motifs is 1. The summed E-state index contributed by atoms with van der Waals surface area (Å²) in [7, 11) is 0. The second kappa shape index (κ2) is 6.08. The Morgan fingerprint density at radius 2 is 2.04 bits per heavy atom. The summed E-state index contributed by atoms with van der Waals surface area (Å²) in [5, 5.41) is 5.43. The van der Waals surface area contributed by atoms with Gasteiger partial charge in [0.15, 0.2) is 0 Å². The minimum absolute atomic E-state index is 0.00677. The standard InChI is InChI=1S/C16H19F3N4O/c1-2-23-14-6-4-3-5-10(14)13(21-23)9-22-7-11(15(20)24)12(8-22)16(17,18)19/h3-6,11-12H,2,7-9H2,1H3,(H2,20,24)/t11-,12-/m1/s1. The Labute approximate surface area is 137 Å². The van der Waals surface area contributed by atoms with Gasteiger partial charge in [-0.25, -0.2) is 0 Å². The molecule has 130 valence electrons. The van der Waals surface area contributed by atoms with Crippen LogP contribution in [0.25, 0.3) is 10.9 Å². The average molecular weight is 340 g/mol. The van der Waals surface area contributed by atoms with Gasteiger partial charge in [0.1, 0.15) is 0 Å². The number of nitrogens with zero attached hydrogens (tertiary/aromatic N) is 3. The first-order valence-electron chi connectivity index (χ1n) is 7.84. The van der Waals surface area contributed by atoms with E-state index in [9.17, 15) is 18.0 Å². The van der Waals surface area contributed by atoms with Crippen LogP contribution in [0.5, 0.6) is 0 Å². The van der Waals surface area contributed by atoms with Crippen molar-refractivity contribution in [2.24, 2.45) is 17.6 Å². The van der Waals surface area contributed by atoms with Gasteiger partial charge in [-0.05, 0) is 13.0 Å². The molecule has 0 unspecified atom stereocenters. The van der Waals surface area contributed by atoms with Gasteiger partial charge in [-0.3, -0.25) is 14.4 Å². The number of hydrogen-bond donors (Lipinski definition) is 1. The molecule has 24 heavy (non-hydrogen) atoms. The van der Waals surface area contributed by atoms with E-state index in [1.165, 1.54) is 0 Å². The molecular formula is C16H19F3N4O. The van der Waals surface area contributed by atoms with Gasteiger partial charge in [-0.1, -0.05) is 18.2 Å². The van der Waals surface area contributed by atoms with Crippen molar-refractivity contribution in [3.05, 3.63) is 30.0 Å². The quantitative estimate of drug-likeness (QED) is 0.928. The van der Waals surface area contributed by atoms with E-state index in [4.69, 9.17) is 5.73 Å². The highest BCUT2D eigenvalue weighted by Crippen LogP contribution is 2.38. The number of alkyl halides is 3. The third-order valence-corrected chi connectivity index (χ3v) is 4.59. The average Bonchev–Trinajstić information content (AvgIpc) is 3.10. The fourth-order valence-corrected chi connectivity index (χ4v) is 3.40. The number of hydrogen-bond acceptors (Lipinski definition) is 3. The van der Waals surface area contributed by atoms with E-state index in [0.717, 1.165) is 16.6 Å². The lowest BCUT2D eigenvalue weighted by atomic mass is 9.95. The van der Waals surface area contributed by atoms with Gasteiger partial charge in [0, 0.05) is 31.6 Å². The molecule has 5 nitrogen and oxygen atoms in total. The van der Waals surface area contributed by atoms with E-state index in [-0.39, 0.29) is 19.6 Å². The lowest BCUT2D eigenvalue weighted by molar-refractivity contribution is -0.182. The van der Waals surface area contributed by atoms with Gasteiger partial charge in [0.05, 0.1) is 23.0 Å². The van der Waals surface area contributed by atoms with Gasteiger partial charge >= 0.3 is 6.18 Å². The molecular weight excluding hydrogens is 321 g/mol. The Morgan fingerprint density at radius 3 is 2.62 bits per heavy atom. The van der Waals surface area contributed by atoms with Crippen LogP contribution >= 0.6 is 0 Å². The molecule has 1 aliphatic rings. The molecule has 3 rings (SSSR count). The van der Waals surface area contributed by atoms with Crippen molar-refractivity contribution < 1.29 is 18.0 Å². The van der Waals surface area contributed by atoms with Crippen molar-refractivity contribution in [1.82, 2.24) is 14.7 Å². The number of nitrogens with two attached hydrogens (primary N) is 1. The Hall–Kier alpha value is -2.09. The molecule has 8 heteroatoms. The van der Waals surface area contributed by atoms with Crippen LogP contribution in [-0.2, 0) is 17.9 Å². The zero-order valence-corrected chi connectivity index (χ0v) is 13.3. The molecule has 1 saturated heterocycles. The largest absolute Gasteiger partial charge is 0.393 e. The second-order valence-corrected chi connectivity index (χ2v) is 6.13. The maximum atomic E-state index is 13.1. The van der Waals surface area contributed by atoms with Crippen LogP contribution < -0.4 is 5.73 Å². The molecule has 2 heterocycles. The number of primary amides is 1. The van der Waals surface area contributed by atoms with E-state index in [2.05, 4.69) is 5.10 Å². The Balaban J connectivity index is 1.86. The molecule has 0 saturated carbocycles. The fraction of sp³-hybridized carbons (Fsp3) is 0.500. The zero-order chi connectivity index (χ0) is 17.5. The summed E-state index contributed by atoms with van der Waals surface area (Å²) >= 11 is 0. The van der Waals surface area contributed by atoms with Crippen molar-refractivity contribution in [2.75, 3.05) is 13.1 Å². The van der Waals surface area contributed by atoms with Crippen LogP contribution in [0.15, 0.2) is 24.3 Å². The van der Waals surface area contributed by atoms with Crippen molar-refractivity contribution in [2.45, 2.75) is 26.2 Å². The normalized spacial score (nSPS) is 22.3. The summed E-state index contributed by atoms with van der Waals surface area (Å²) in [6.07, 6.45) is -4.43. The monoisotopic (exact) mass is 340 g/mol. The van der Waals surface area contributed by atoms with Gasteiger partial charge in [0.2, 0.25) is 5.91 Å². The second-order valence-electron chi connectivity index (χ2n) is 6.13. The van der Waals surface area contributed by atoms with Gasteiger partial charge < -0.3 is 5.73 Å². The Kier molecular flexibility index (Phi) is 4.25. The van der Waals surface area contributed by atoms with Crippen LogP contribution in [0.4, 0.5) is 13.2 Å². The van der Waals surface area contributed by atoms with Crippen LogP contribution in [0.3, 0.4) is 0 Å². The minimum atomic E-state index is -4.43. The minimum Gasteiger partial charge on any atom is -0.369 e. The summed E-state index contributed by atoms with van der Waals surface area (Å²) in [5.74, 6) is -3.82. The predicted octanol–water partition coefficient (Wildman–Crippen LogP) is 2.15. The third-order valence-electron chi connectivity index (χ3n) is 4.59. The summed E-state index contributed by atoms with van der Waals surface area (Å²) in [6, 6.07) is 7.62. The number of rotatable bonds is 4. The summed E-state index contributed by atoms with van der Waals surface area (Å²) in [5.41, 5.74) is 6.84. The van der Waals surface area contributed by atoms with Crippen molar-refractivity contribution >= 4 is 16.8 Å². The first kappa shape index (κ1) is 16.8. The highest BCUT2D eigenvalue weighted by Gasteiger charge is 2.51. The van der Waals surface area contributed by atoms with Crippen molar-refractivity contribution in [3.8, 4) is 0 Å². The molecule has 1 aromatic carbocycles. The number of para-hydroxylation sites is 1. The molecule has 1 aromatic heterocycles. The number of aromatic nitrogens is 2. The van der Waals surface area contributed by atoms with Crippen LogP contribution in [0.1, 0.15) is 12.6 Å². The molecule has 2 atom stereocenters. The maximum absolute atomic E-state index is 13.1. The lowest BCUT2D eigenvalue weighted by Gasteiger charge is -2.18. The topological polar surface area (TPSA) is 64.2 Å². The number of amides is 1. The molecule has 1 aliphatic heterocycles. The zero-order valence-electron chi connectivity index (χ0n) is 13.3. The summed E-state index contributed by atoms with van der Waals surface area (Å²) < 4.78 is 41.2. The van der Waals surface area contributed by atoms with E-state index < -0.39 is 23.9 Å². The number of carbonyl (C=O) groups excluding carboxylic acids is 1. The molecule has 1 amide bonds. The van der Waals surface area contributed by atoms with Crippen molar-refractivity contribution in [1.29, 1.82) is 0 Å². The van der Waals surface area contributed by atoms with Crippen molar-refractivity contribution in [3.63, 3.8) is 0 Å². The van der Waals surface area contributed by atoms with E-state index >= 15 is 0 Å². The predicted molar refractivity (Wildman–Crippen MR) is 82.9 cm³/mol. The van der Waals surface area contributed by atoms with E-state index in [1.54, 1.807) is 4.90 Å². The summed E-state index contributed by atoms with van der Waals surface area (Å²) in [6.45, 7) is 2.68. The van der Waals surface area contributed by atoms with Crippen LogP contribution in [-0.4, -0.2) is 39.9 Å². The van der Waals surface area contributed by atoms with Crippen LogP contribution in [0.2, 0.25) is 0 Å². The SMILES string of the molecule is CCn1nc(CN2C[C@@H](C(F)(F)F)[C@H](C(N)=O)C2)c2ccccc21. The Bertz CT molecular complexity index is 755. The fourth-order valence-electron chi connectivity index (χ4n) is 3.40. The number of aryl methyl sites for hydroxylation is 1. The highest BCUT2D eigenvalue weighted by molar-refractivity contribution is 5.82. The number of halogens is 3. The van der Waals surface area contributed by atoms with Gasteiger partial charge in [-0.2, -0.15) is 18.3 Å². The van der Waals surface area contributed by atoms with E-state index in [0.29, 0.717) is 6.54 Å². The molecule has 0 bridgehead atoms. The Morgan fingerprint density at radius 1 is 1.33 bits per heavy atom. The molecule has 0 aliphatic carbocycles. The molecule has 0 spiro atoms. The number of carbonyl (C=O) groups is 1. The van der Waals surface area contributed by atoms with Gasteiger partial charge in [-0.15, -0.1) is 0 Å².